The number of hydrogen-bond donors (Lipinski definition) is 1. The van der Waals surface area contributed by atoms with E-state index in [2.05, 4.69) is 4.98 Å². The zero-order valence-corrected chi connectivity index (χ0v) is 11.5. The second kappa shape index (κ2) is 6.61. The molecule has 0 amide bonds. The number of hydrogen-bond acceptors (Lipinski definition) is 4. The molecule has 1 heterocycles. The Balaban J connectivity index is 2.08. The maximum absolute atomic E-state index is 9.34. The quantitative estimate of drug-likeness (QED) is 0.908. The first-order chi connectivity index (χ1) is 9.72. The maximum atomic E-state index is 9.34. The second-order valence-electron chi connectivity index (χ2n) is 4.27. The van der Waals surface area contributed by atoms with Gasteiger partial charge < -0.3 is 14.6 Å². The lowest BCUT2D eigenvalue weighted by molar-refractivity contribution is 0.355. The van der Waals surface area contributed by atoms with E-state index in [1.807, 2.05) is 30.4 Å². The Kier molecular flexibility index (Phi) is 4.60. The van der Waals surface area contributed by atoms with Crippen LogP contribution in [0.2, 0.25) is 0 Å². The molecule has 20 heavy (non-hydrogen) atoms. The van der Waals surface area contributed by atoms with Crippen molar-refractivity contribution in [3.8, 4) is 17.2 Å². The van der Waals surface area contributed by atoms with E-state index in [0.29, 0.717) is 17.9 Å². The van der Waals surface area contributed by atoms with Gasteiger partial charge in [-0.15, -0.1) is 0 Å². The molecule has 0 saturated heterocycles. The molecule has 4 nitrogen and oxygen atoms in total. The third kappa shape index (κ3) is 3.51. The van der Waals surface area contributed by atoms with Crippen LogP contribution in [0.3, 0.4) is 0 Å². The van der Waals surface area contributed by atoms with Crippen molar-refractivity contribution in [2.24, 2.45) is 0 Å². The standard InChI is InChI=1S/C16H17NO3/c1-19-15-7-6-12(9-16(15)20-2)4-3-5-13-8-14(18)11-17-10-13/h3-4,6-11,18H,5H2,1-2H3/b4-3+. The third-order valence-corrected chi connectivity index (χ3v) is 2.85. The van der Waals surface area contributed by atoms with Gasteiger partial charge in [-0.2, -0.15) is 0 Å². The molecule has 0 saturated carbocycles. The number of methoxy groups -OCH3 is 2. The van der Waals surface area contributed by atoms with Crippen LogP contribution in [-0.4, -0.2) is 24.3 Å². The van der Waals surface area contributed by atoms with Gasteiger partial charge in [0.25, 0.3) is 0 Å². The Bertz CT molecular complexity index is 608. The largest absolute Gasteiger partial charge is 0.506 e. The Morgan fingerprint density at radius 3 is 2.60 bits per heavy atom. The van der Waals surface area contributed by atoms with Crippen LogP contribution in [0.1, 0.15) is 11.1 Å². The van der Waals surface area contributed by atoms with Crippen molar-refractivity contribution in [3.63, 3.8) is 0 Å². The number of aromatic hydroxyl groups is 1. The van der Waals surface area contributed by atoms with Gasteiger partial charge in [0.2, 0.25) is 0 Å². The molecule has 1 aromatic heterocycles. The van der Waals surface area contributed by atoms with Crippen LogP contribution in [0.25, 0.3) is 6.08 Å². The van der Waals surface area contributed by atoms with Crippen LogP contribution >= 0.6 is 0 Å². The molecule has 104 valence electrons. The van der Waals surface area contributed by atoms with E-state index in [4.69, 9.17) is 9.47 Å². The lowest BCUT2D eigenvalue weighted by Gasteiger charge is -2.07. The molecule has 0 fully saturated rings. The average molecular weight is 271 g/mol. The highest BCUT2D eigenvalue weighted by Gasteiger charge is 2.02. The second-order valence-corrected chi connectivity index (χ2v) is 4.27. The smallest absolute Gasteiger partial charge is 0.161 e. The predicted molar refractivity (Wildman–Crippen MR) is 78.2 cm³/mol. The van der Waals surface area contributed by atoms with E-state index in [1.165, 1.54) is 6.20 Å². The van der Waals surface area contributed by atoms with Crippen molar-refractivity contribution in [3.05, 3.63) is 53.9 Å². The summed E-state index contributed by atoms with van der Waals surface area (Å²) in [7, 11) is 3.23. The Hall–Kier alpha value is -2.49. The predicted octanol–water partition coefficient (Wildman–Crippen LogP) is 3.06. The van der Waals surface area contributed by atoms with Crippen molar-refractivity contribution in [1.29, 1.82) is 0 Å². The molecule has 0 radical (unpaired) electrons. The molecule has 0 unspecified atom stereocenters. The summed E-state index contributed by atoms with van der Waals surface area (Å²) >= 11 is 0. The van der Waals surface area contributed by atoms with Crippen LogP contribution in [-0.2, 0) is 6.42 Å². The number of rotatable bonds is 5. The zero-order chi connectivity index (χ0) is 14.4. The summed E-state index contributed by atoms with van der Waals surface area (Å²) in [6.07, 6.45) is 7.86. The first-order valence-corrected chi connectivity index (χ1v) is 6.24. The van der Waals surface area contributed by atoms with Gasteiger partial charge in [-0.25, -0.2) is 0 Å². The van der Waals surface area contributed by atoms with Gasteiger partial charge in [0.1, 0.15) is 5.75 Å². The Morgan fingerprint density at radius 2 is 1.90 bits per heavy atom. The lowest BCUT2D eigenvalue weighted by atomic mass is 10.1. The minimum absolute atomic E-state index is 0.182. The van der Waals surface area contributed by atoms with Gasteiger partial charge in [0.15, 0.2) is 11.5 Å². The fourth-order valence-corrected chi connectivity index (χ4v) is 1.87. The molecule has 2 aromatic rings. The van der Waals surface area contributed by atoms with Gasteiger partial charge in [-0.1, -0.05) is 18.2 Å². The van der Waals surface area contributed by atoms with Crippen LogP contribution in [0.4, 0.5) is 0 Å². The first kappa shape index (κ1) is 13.9. The van der Waals surface area contributed by atoms with Crippen LogP contribution in [0, 0.1) is 0 Å². The van der Waals surface area contributed by atoms with Crippen molar-refractivity contribution in [2.45, 2.75) is 6.42 Å². The molecular weight excluding hydrogens is 254 g/mol. The van der Waals surface area contributed by atoms with E-state index in [9.17, 15) is 5.11 Å². The van der Waals surface area contributed by atoms with Crippen LogP contribution < -0.4 is 9.47 Å². The van der Waals surface area contributed by atoms with Crippen LogP contribution in [0.15, 0.2) is 42.7 Å². The van der Waals surface area contributed by atoms with Crippen molar-refractivity contribution < 1.29 is 14.6 Å². The summed E-state index contributed by atoms with van der Waals surface area (Å²) in [5.74, 6) is 1.59. The Morgan fingerprint density at radius 1 is 1.10 bits per heavy atom. The van der Waals surface area contributed by atoms with Gasteiger partial charge in [-0.05, 0) is 35.7 Å². The lowest BCUT2D eigenvalue weighted by Crippen LogP contribution is -1.90. The van der Waals surface area contributed by atoms with Crippen molar-refractivity contribution in [2.75, 3.05) is 14.2 Å². The summed E-state index contributed by atoms with van der Waals surface area (Å²) in [4.78, 5) is 3.94. The number of pyridine rings is 1. The van der Waals surface area contributed by atoms with Gasteiger partial charge in [0.05, 0.1) is 20.4 Å². The van der Waals surface area contributed by atoms with Crippen molar-refractivity contribution in [1.82, 2.24) is 4.98 Å². The molecule has 4 heteroatoms. The van der Waals surface area contributed by atoms with Gasteiger partial charge >= 0.3 is 0 Å². The summed E-state index contributed by atoms with van der Waals surface area (Å²) in [6, 6.07) is 7.44. The summed E-state index contributed by atoms with van der Waals surface area (Å²) in [5.41, 5.74) is 1.98. The normalized spacial score (nSPS) is 10.7. The number of benzene rings is 1. The molecule has 1 N–H and O–H groups in total. The minimum atomic E-state index is 0.182. The first-order valence-electron chi connectivity index (χ1n) is 6.24. The molecule has 1 aromatic carbocycles. The van der Waals surface area contributed by atoms with E-state index in [0.717, 1.165) is 11.1 Å². The molecule has 0 atom stereocenters. The van der Waals surface area contributed by atoms with Gasteiger partial charge in [0, 0.05) is 6.20 Å². The van der Waals surface area contributed by atoms with E-state index in [1.54, 1.807) is 26.5 Å². The molecule has 0 spiro atoms. The Labute approximate surface area is 118 Å². The molecular formula is C16H17NO3. The fourth-order valence-electron chi connectivity index (χ4n) is 1.87. The summed E-state index contributed by atoms with van der Waals surface area (Å²) in [5, 5.41) is 9.34. The zero-order valence-electron chi connectivity index (χ0n) is 11.5. The molecule has 0 aliphatic heterocycles. The van der Waals surface area contributed by atoms with E-state index in [-0.39, 0.29) is 5.75 Å². The fraction of sp³-hybridized carbons (Fsp3) is 0.188. The highest BCUT2D eigenvalue weighted by Crippen LogP contribution is 2.28. The number of aromatic nitrogens is 1. The van der Waals surface area contributed by atoms with Crippen LogP contribution in [0.5, 0.6) is 17.2 Å². The van der Waals surface area contributed by atoms with Crippen molar-refractivity contribution >= 4 is 6.08 Å². The average Bonchev–Trinajstić information content (AvgIpc) is 2.47. The summed E-state index contributed by atoms with van der Waals surface area (Å²) < 4.78 is 10.4. The number of ether oxygens (including phenoxy) is 2. The molecule has 0 aliphatic carbocycles. The monoisotopic (exact) mass is 271 g/mol. The van der Waals surface area contributed by atoms with E-state index >= 15 is 0 Å². The highest BCUT2D eigenvalue weighted by molar-refractivity contribution is 5.56. The topological polar surface area (TPSA) is 51.6 Å². The maximum Gasteiger partial charge on any atom is 0.161 e. The molecule has 0 bridgehead atoms. The minimum Gasteiger partial charge on any atom is -0.506 e. The highest BCUT2D eigenvalue weighted by atomic mass is 16.5. The van der Waals surface area contributed by atoms with E-state index < -0.39 is 0 Å². The van der Waals surface area contributed by atoms with Gasteiger partial charge in [-0.3, -0.25) is 4.98 Å². The SMILES string of the molecule is COc1ccc(/C=C/Cc2cncc(O)c2)cc1OC. The molecule has 2 rings (SSSR count). The number of nitrogens with zero attached hydrogens (tertiary/aromatic N) is 1. The summed E-state index contributed by atoms with van der Waals surface area (Å²) in [6.45, 7) is 0. The number of allylic oxidation sites excluding steroid dienone is 1. The third-order valence-electron chi connectivity index (χ3n) is 2.85. The molecule has 0 aliphatic rings.